The molecule has 0 atom stereocenters. The van der Waals surface area contributed by atoms with Crippen molar-refractivity contribution < 1.29 is 30.0 Å². The molecular formula is C13H26O6. The van der Waals surface area contributed by atoms with Crippen LogP contribution in [0.2, 0.25) is 0 Å². The maximum atomic E-state index is 9.60. The first-order valence-corrected chi connectivity index (χ1v) is 6.18. The van der Waals surface area contributed by atoms with Crippen LogP contribution in [-0.2, 0) is 9.53 Å². The highest BCUT2D eigenvalue weighted by atomic mass is 16.5. The predicted molar refractivity (Wildman–Crippen MR) is 71.9 cm³/mol. The normalized spacial score (nSPS) is 13.1. The van der Waals surface area contributed by atoms with Gasteiger partial charge in [-0.05, 0) is 19.8 Å². The minimum Gasteiger partial charge on any atom is -0.478 e. The first kappa shape index (κ1) is 20.4. The van der Waals surface area contributed by atoms with Gasteiger partial charge in [0.2, 0.25) is 0 Å². The molecular weight excluding hydrogens is 252 g/mol. The average Bonchev–Trinajstić information content (AvgIpc) is 2.31. The van der Waals surface area contributed by atoms with Crippen LogP contribution in [-0.4, -0.2) is 59.4 Å². The van der Waals surface area contributed by atoms with Gasteiger partial charge in [-0.2, -0.15) is 0 Å². The third-order valence-electron chi connectivity index (χ3n) is 2.70. The van der Waals surface area contributed by atoms with Crippen molar-refractivity contribution in [1.82, 2.24) is 0 Å². The Morgan fingerprint density at radius 2 is 1.47 bits per heavy atom. The molecule has 1 saturated heterocycles. The standard InChI is InChI=1S/C6H14O3.C4H6O2.C3H6O/c1-2-6(3-7,4-8)5-9;1-3(2)4(5)6;1-2-4-3-1/h7-9H,2-5H2,1H3;1H2,2H3,(H,5,6);1-3H2. The summed E-state index contributed by atoms with van der Waals surface area (Å²) < 4.78 is 4.72. The number of hydrogen-bond acceptors (Lipinski definition) is 5. The van der Waals surface area contributed by atoms with Crippen molar-refractivity contribution in [3.05, 3.63) is 12.2 Å². The molecule has 0 spiro atoms. The van der Waals surface area contributed by atoms with Crippen LogP contribution in [0.4, 0.5) is 0 Å². The van der Waals surface area contributed by atoms with Crippen molar-refractivity contribution in [1.29, 1.82) is 0 Å². The highest BCUT2D eigenvalue weighted by molar-refractivity contribution is 5.84. The fourth-order valence-electron chi connectivity index (χ4n) is 0.630. The summed E-state index contributed by atoms with van der Waals surface area (Å²) in [4.78, 5) is 9.60. The monoisotopic (exact) mass is 278 g/mol. The zero-order chi connectivity index (χ0) is 15.3. The quantitative estimate of drug-likeness (QED) is 0.543. The van der Waals surface area contributed by atoms with Crippen LogP contribution in [0.15, 0.2) is 12.2 Å². The minimum absolute atomic E-state index is 0.156. The predicted octanol–water partition coefficient (Wildman–Crippen LogP) is 0.414. The van der Waals surface area contributed by atoms with Gasteiger partial charge in [0.05, 0.1) is 19.8 Å². The molecule has 19 heavy (non-hydrogen) atoms. The third kappa shape index (κ3) is 10.6. The molecule has 0 aromatic carbocycles. The zero-order valence-corrected chi connectivity index (χ0v) is 11.8. The van der Waals surface area contributed by atoms with Crippen LogP contribution in [0.3, 0.4) is 0 Å². The Kier molecular flexibility index (Phi) is 13.0. The lowest BCUT2D eigenvalue weighted by atomic mass is 9.88. The highest BCUT2D eigenvalue weighted by Crippen LogP contribution is 2.18. The summed E-state index contributed by atoms with van der Waals surface area (Å²) in [5.41, 5.74) is -0.491. The molecule has 1 heterocycles. The maximum Gasteiger partial charge on any atom is 0.330 e. The molecule has 0 aromatic heterocycles. The molecule has 0 aromatic rings. The van der Waals surface area contributed by atoms with Crippen molar-refractivity contribution in [3.8, 4) is 0 Å². The van der Waals surface area contributed by atoms with E-state index < -0.39 is 11.4 Å². The molecule has 0 aliphatic carbocycles. The second-order valence-electron chi connectivity index (χ2n) is 4.38. The Balaban J connectivity index is 0. The smallest absolute Gasteiger partial charge is 0.330 e. The van der Waals surface area contributed by atoms with Gasteiger partial charge in [0.25, 0.3) is 0 Å². The number of hydrogen-bond donors (Lipinski definition) is 4. The van der Waals surface area contributed by atoms with Crippen LogP contribution in [0.25, 0.3) is 0 Å². The van der Waals surface area contributed by atoms with Crippen LogP contribution in [0.5, 0.6) is 0 Å². The van der Waals surface area contributed by atoms with Gasteiger partial charge < -0.3 is 25.2 Å². The summed E-state index contributed by atoms with van der Waals surface area (Å²) in [6, 6.07) is 0. The Hall–Kier alpha value is -0.950. The molecule has 0 bridgehead atoms. The SMILES string of the molecule is C1COC1.C=C(C)C(=O)O.CCC(CO)(CO)CO. The lowest BCUT2D eigenvalue weighted by Gasteiger charge is -2.24. The Bertz CT molecular complexity index is 210. The van der Waals surface area contributed by atoms with Crippen molar-refractivity contribution >= 4 is 5.97 Å². The van der Waals surface area contributed by atoms with E-state index in [1.54, 1.807) is 0 Å². The number of carboxylic acid groups (broad SMARTS) is 1. The number of carboxylic acids is 1. The first-order valence-electron chi connectivity index (χ1n) is 6.18. The lowest BCUT2D eigenvalue weighted by molar-refractivity contribution is -0.132. The Morgan fingerprint density at radius 1 is 1.21 bits per heavy atom. The number of ether oxygens (including phenoxy) is 1. The number of aliphatic hydroxyl groups is 3. The van der Waals surface area contributed by atoms with Gasteiger partial charge in [-0.1, -0.05) is 13.5 Å². The summed E-state index contributed by atoms with van der Waals surface area (Å²) in [6.45, 7) is 7.96. The fourth-order valence-corrected chi connectivity index (χ4v) is 0.630. The van der Waals surface area contributed by atoms with Gasteiger partial charge in [0.1, 0.15) is 0 Å². The molecule has 1 aliphatic rings. The van der Waals surface area contributed by atoms with E-state index in [9.17, 15) is 4.79 Å². The second-order valence-corrected chi connectivity index (χ2v) is 4.38. The molecule has 0 radical (unpaired) electrons. The first-order chi connectivity index (χ1) is 8.89. The zero-order valence-electron chi connectivity index (χ0n) is 11.8. The number of aliphatic hydroxyl groups excluding tert-OH is 3. The Labute approximate surface area is 114 Å². The number of rotatable bonds is 5. The molecule has 1 fully saturated rings. The Morgan fingerprint density at radius 3 is 1.47 bits per heavy atom. The molecule has 6 heteroatoms. The van der Waals surface area contributed by atoms with E-state index in [0.29, 0.717) is 6.42 Å². The van der Waals surface area contributed by atoms with E-state index in [2.05, 4.69) is 6.58 Å². The molecule has 0 saturated carbocycles. The molecule has 0 unspecified atom stereocenters. The van der Waals surface area contributed by atoms with Gasteiger partial charge in [-0.3, -0.25) is 0 Å². The molecule has 6 nitrogen and oxygen atoms in total. The minimum atomic E-state index is -0.935. The highest BCUT2D eigenvalue weighted by Gasteiger charge is 2.24. The van der Waals surface area contributed by atoms with Crippen molar-refractivity contribution in [2.75, 3.05) is 33.0 Å². The number of aliphatic carboxylic acids is 1. The van der Waals surface area contributed by atoms with E-state index in [0.717, 1.165) is 13.2 Å². The van der Waals surface area contributed by atoms with Gasteiger partial charge in [-0.25, -0.2) is 4.79 Å². The van der Waals surface area contributed by atoms with Crippen LogP contribution in [0.1, 0.15) is 26.7 Å². The van der Waals surface area contributed by atoms with Gasteiger partial charge in [-0.15, -0.1) is 0 Å². The molecule has 0 amide bonds. The second kappa shape index (κ2) is 12.1. The summed E-state index contributed by atoms with van der Waals surface area (Å²) in [5.74, 6) is -0.935. The maximum absolute atomic E-state index is 9.60. The molecule has 114 valence electrons. The summed E-state index contributed by atoms with van der Waals surface area (Å²) >= 11 is 0. The van der Waals surface area contributed by atoms with E-state index in [1.807, 2.05) is 6.92 Å². The van der Waals surface area contributed by atoms with Crippen molar-refractivity contribution in [3.63, 3.8) is 0 Å². The topological polar surface area (TPSA) is 107 Å². The van der Waals surface area contributed by atoms with E-state index in [4.69, 9.17) is 25.2 Å². The molecule has 1 rings (SSSR count). The van der Waals surface area contributed by atoms with Crippen molar-refractivity contribution in [2.45, 2.75) is 26.7 Å². The van der Waals surface area contributed by atoms with E-state index >= 15 is 0 Å². The van der Waals surface area contributed by atoms with Gasteiger partial charge in [0.15, 0.2) is 0 Å². The summed E-state index contributed by atoms with van der Waals surface area (Å²) in [7, 11) is 0. The summed E-state index contributed by atoms with van der Waals surface area (Å²) in [6.07, 6.45) is 1.87. The van der Waals surface area contributed by atoms with Crippen LogP contribution >= 0.6 is 0 Å². The number of carbonyl (C=O) groups is 1. The molecule has 4 N–H and O–H groups in total. The largest absolute Gasteiger partial charge is 0.478 e. The van der Waals surface area contributed by atoms with E-state index in [1.165, 1.54) is 13.3 Å². The fraction of sp³-hybridized carbons (Fsp3) is 0.769. The summed E-state index contributed by atoms with van der Waals surface area (Å²) in [5, 5.41) is 33.9. The van der Waals surface area contributed by atoms with Gasteiger partial charge >= 0.3 is 5.97 Å². The van der Waals surface area contributed by atoms with E-state index in [-0.39, 0.29) is 25.4 Å². The lowest BCUT2D eigenvalue weighted by Crippen LogP contribution is -2.32. The van der Waals surface area contributed by atoms with Gasteiger partial charge in [0, 0.05) is 24.2 Å². The van der Waals surface area contributed by atoms with Crippen LogP contribution in [0, 0.1) is 5.41 Å². The van der Waals surface area contributed by atoms with Crippen LogP contribution < -0.4 is 0 Å². The molecule has 1 aliphatic heterocycles. The van der Waals surface area contributed by atoms with Crippen molar-refractivity contribution in [2.24, 2.45) is 5.41 Å². The third-order valence-corrected chi connectivity index (χ3v) is 2.70. The average molecular weight is 278 g/mol.